The van der Waals surface area contributed by atoms with Crippen molar-refractivity contribution in [3.63, 3.8) is 0 Å². The average Bonchev–Trinajstić information content (AvgIpc) is 3.34. The van der Waals surface area contributed by atoms with Crippen LogP contribution in [0.1, 0.15) is 18.4 Å². The molecule has 0 radical (unpaired) electrons. The Kier molecular flexibility index (Phi) is 3.30. The van der Waals surface area contributed by atoms with Gasteiger partial charge in [-0.25, -0.2) is 4.98 Å². The molecule has 1 saturated carbocycles. The third-order valence-electron chi connectivity index (χ3n) is 4.61. The fraction of sp³-hybridized carbons (Fsp3) is 0.263. The number of aromatic hydroxyl groups is 1. The first kappa shape index (κ1) is 14.8. The van der Waals surface area contributed by atoms with E-state index in [0.29, 0.717) is 5.82 Å². The van der Waals surface area contributed by atoms with Crippen LogP contribution in [-0.4, -0.2) is 20.6 Å². The molecule has 0 aliphatic heterocycles. The molecule has 0 atom stereocenters. The van der Waals surface area contributed by atoms with E-state index < -0.39 is 0 Å². The fourth-order valence-electron chi connectivity index (χ4n) is 3.07. The molecule has 1 aliphatic carbocycles. The first-order valence-corrected chi connectivity index (χ1v) is 8.09. The van der Waals surface area contributed by atoms with Gasteiger partial charge in [-0.1, -0.05) is 0 Å². The second-order valence-corrected chi connectivity index (χ2v) is 6.48. The van der Waals surface area contributed by atoms with E-state index in [1.54, 1.807) is 18.3 Å². The van der Waals surface area contributed by atoms with Crippen molar-refractivity contribution >= 4 is 22.6 Å². The van der Waals surface area contributed by atoms with Crippen LogP contribution in [0, 0.1) is 12.8 Å². The van der Waals surface area contributed by atoms with Gasteiger partial charge in [0.1, 0.15) is 11.6 Å². The number of nitrogens with one attached hydrogen (secondary N) is 1. The Balaban J connectivity index is 1.75. The molecule has 24 heavy (non-hydrogen) atoms. The van der Waals surface area contributed by atoms with Gasteiger partial charge in [0.05, 0.1) is 5.52 Å². The van der Waals surface area contributed by atoms with E-state index in [1.807, 2.05) is 26.1 Å². The van der Waals surface area contributed by atoms with Crippen LogP contribution >= 0.6 is 0 Å². The summed E-state index contributed by atoms with van der Waals surface area (Å²) in [6.45, 7) is 1.98. The second-order valence-electron chi connectivity index (χ2n) is 6.48. The lowest BCUT2D eigenvalue weighted by molar-refractivity contribution is -0.117. The molecule has 1 fully saturated rings. The molecule has 0 unspecified atom stereocenters. The molecule has 1 aliphatic rings. The van der Waals surface area contributed by atoms with E-state index in [-0.39, 0.29) is 17.6 Å². The van der Waals surface area contributed by atoms with Crippen molar-refractivity contribution in [3.05, 3.63) is 42.1 Å². The van der Waals surface area contributed by atoms with Crippen LogP contribution in [0.5, 0.6) is 5.75 Å². The summed E-state index contributed by atoms with van der Waals surface area (Å²) in [4.78, 5) is 16.3. The summed E-state index contributed by atoms with van der Waals surface area (Å²) in [7, 11) is 2.00. The molecule has 4 rings (SSSR count). The smallest absolute Gasteiger partial charge is 0.228 e. The maximum atomic E-state index is 11.9. The number of carbonyl (C=O) groups excluding carboxylic acids is 1. The van der Waals surface area contributed by atoms with Crippen molar-refractivity contribution in [1.82, 2.24) is 9.55 Å². The number of benzene rings is 1. The molecule has 1 aromatic carbocycles. The Morgan fingerprint density at radius 3 is 2.79 bits per heavy atom. The van der Waals surface area contributed by atoms with Crippen LogP contribution in [0.25, 0.3) is 22.2 Å². The lowest BCUT2D eigenvalue weighted by atomic mass is 10.1. The SMILES string of the molecule is Cc1cc(O)ccc1-c1cc2cnc(NC(=O)C3CC3)cc2n1C. The van der Waals surface area contributed by atoms with Crippen molar-refractivity contribution in [2.24, 2.45) is 13.0 Å². The van der Waals surface area contributed by atoms with Gasteiger partial charge in [0.25, 0.3) is 0 Å². The van der Waals surface area contributed by atoms with E-state index in [2.05, 4.69) is 20.9 Å². The van der Waals surface area contributed by atoms with Gasteiger partial charge in [-0.15, -0.1) is 0 Å². The molecule has 2 N–H and O–H groups in total. The summed E-state index contributed by atoms with van der Waals surface area (Å²) in [6, 6.07) is 9.36. The lowest BCUT2D eigenvalue weighted by Crippen LogP contribution is -2.14. The normalized spacial score (nSPS) is 14.1. The van der Waals surface area contributed by atoms with E-state index in [4.69, 9.17) is 0 Å². The summed E-state index contributed by atoms with van der Waals surface area (Å²) in [5, 5.41) is 13.5. The highest BCUT2D eigenvalue weighted by atomic mass is 16.3. The Labute approximate surface area is 139 Å². The van der Waals surface area contributed by atoms with Crippen molar-refractivity contribution in [2.45, 2.75) is 19.8 Å². The minimum absolute atomic E-state index is 0.0608. The summed E-state index contributed by atoms with van der Waals surface area (Å²) in [6.07, 6.45) is 3.74. The molecule has 0 spiro atoms. The fourth-order valence-corrected chi connectivity index (χ4v) is 3.07. The molecule has 5 heteroatoms. The molecule has 0 saturated heterocycles. The first-order valence-electron chi connectivity index (χ1n) is 8.09. The third-order valence-corrected chi connectivity index (χ3v) is 4.61. The van der Waals surface area contributed by atoms with Gasteiger partial charge in [0.15, 0.2) is 0 Å². The number of rotatable bonds is 3. The summed E-state index contributed by atoms with van der Waals surface area (Å²) >= 11 is 0. The van der Waals surface area contributed by atoms with E-state index in [1.165, 1.54) is 0 Å². The number of aromatic nitrogens is 2. The van der Waals surface area contributed by atoms with Crippen LogP contribution < -0.4 is 5.32 Å². The van der Waals surface area contributed by atoms with Gasteiger partial charge in [-0.2, -0.15) is 0 Å². The molecule has 3 aromatic rings. The average molecular weight is 321 g/mol. The highest BCUT2D eigenvalue weighted by molar-refractivity contribution is 5.95. The molecule has 0 bridgehead atoms. The Bertz CT molecular complexity index is 955. The number of carbonyl (C=O) groups is 1. The molecular weight excluding hydrogens is 302 g/mol. The maximum Gasteiger partial charge on any atom is 0.228 e. The topological polar surface area (TPSA) is 67.2 Å². The van der Waals surface area contributed by atoms with Crippen LogP contribution in [0.3, 0.4) is 0 Å². The standard InChI is InChI=1S/C19H19N3O2/c1-11-7-14(23)5-6-15(11)17-8-13-10-20-18(9-16(13)22(17)2)21-19(24)12-3-4-12/h5-10,12,23H,3-4H2,1-2H3,(H,20,21,24). The van der Waals surface area contributed by atoms with E-state index in [9.17, 15) is 9.90 Å². The Hall–Kier alpha value is -2.82. The number of nitrogens with zero attached hydrogens (tertiary/aromatic N) is 2. The number of hydrogen-bond acceptors (Lipinski definition) is 3. The van der Waals surface area contributed by atoms with Gasteiger partial charge in [-0.05, 0) is 49.6 Å². The molecule has 5 nitrogen and oxygen atoms in total. The van der Waals surface area contributed by atoms with Crippen LogP contribution in [0.2, 0.25) is 0 Å². The van der Waals surface area contributed by atoms with Crippen molar-refractivity contribution in [2.75, 3.05) is 5.32 Å². The predicted molar refractivity (Wildman–Crippen MR) is 93.9 cm³/mol. The second kappa shape index (κ2) is 5.37. The molecule has 122 valence electrons. The zero-order valence-electron chi connectivity index (χ0n) is 13.7. The minimum atomic E-state index is 0.0608. The number of fused-ring (bicyclic) bond motifs is 1. The quantitative estimate of drug-likeness (QED) is 0.774. The van der Waals surface area contributed by atoms with Crippen LogP contribution in [0.15, 0.2) is 36.5 Å². The van der Waals surface area contributed by atoms with Crippen LogP contribution in [-0.2, 0) is 11.8 Å². The molecular formula is C19H19N3O2. The monoisotopic (exact) mass is 321 g/mol. The summed E-state index contributed by atoms with van der Waals surface area (Å²) in [5.74, 6) is 1.08. The van der Waals surface area contributed by atoms with E-state index in [0.717, 1.165) is 40.6 Å². The Morgan fingerprint density at radius 2 is 2.08 bits per heavy atom. The number of hydrogen-bond donors (Lipinski definition) is 2. The van der Waals surface area contributed by atoms with Gasteiger partial charge in [0, 0.05) is 41.9 Å². The van der Waals surface area contributed by atoms with Gasteiger partial charge >= 0.3 is 0 Å². The largest absolute Gasteiger partial charge is 0.508 e. The Morgan fingerprint density at radius 1 is 1.29 bits per heavy atom. The number of aryl methyl sites for hydroxylation is 2. The molecule has 1 amide bonds. The number of phenolic OH excluding ortho intramolecular Hbond substituents is 1. The summed E-state index contributed by atoms with van der Waals surface area (Å²) in [5.41, 5.74) is 4.14. The first-order chi connectivity index (χ1) is 11.5. The van der Waals surface area contributed by atoms with Gasteiger partial charge in [0.2, 0.25) is 5.91 Å². The number of anilines is 1. The molecule has 2 aromatic heterocycles. The highest BCUT2D eigenvalue weighted by Crippen LogP contribution is 2.33. The highest BCUT2D eigenvalue weighted by Gasteiger charge is 2.29. The van der Waals surface area contributed by atoms with Crippen molar-refractivity contribution < 1.29 is 9.90 Å². The summed E-state index contributed by atoms with van der Waals surface area (Å²) < 4.78 is 2.09. The van der Waals surface area contributed by atoms with Gasteiger partial charge < -0.3 is 15.0 Å². The molecule has 2 heterocycles. The van der Waals surface area contributed by atoms with Crippen molar-refractivity contribution in [3.8, 4) is 17.0 Å². The maximum absolute atomic E-state index is 11.9. The predicted octanol–water partition coefficient (Wildman–Crippen LogP) is 3.60. The van der Waals surface area contributed by atoms with E-state index >= 15 is 0 Å². The van der Waals surface area contributed by atoms with Crippen molar-refractivity contribution in [1.29, 1.82) is 0 Å². The number of amides is 1. The number of phenols is 1. The zero-order chi connectivity index (χ0) is 16.8. The third kappa shape index (κ3) is 2.52. The minimum Gasteiger partial charge on any atom is -0.508 e. The van der Waals surface area contributed by atoms with Crippen LogP contribution in [0.4, 0.5) is 5.82 Å². The lowest BCUT2D eigenvalue weighted by Gasteiger charge is -2.09. The zero-order valence-corrected chi connectivity index (χ0v) is 13.7. The van der Waals surface area contributed by atoms with Gasteiger partial charge in [-0.3, -0.25) is 4.79 Å². The number of pyridine rings is 1.